The van der Waals surface area contributed by atoms with Crippen LogP contribution in [-0.2, 0) is 6.54 Å². The minimum Gasteiger partial charge on any atom is -0.497 e. The minimum atomic E-state index is -0.298. The van der Waals surface area contributed by atoms with Gasteiger partial charge >= 0.3 is 0 Å². The molecule has 8 heteroatoms. The second-order valence-electron chi connectivity index (χ2n) is 7.66. The molecule has 3 aromatic rings. The summed E-state index contributed by atoms with van der Waals surface area (Å²) < 4.78 is 5.24. The van der Waals surface area contributed by atoms with E-state index in [0.717, 1.165) is 30.2 Å². The third-order valence-corrected chi connectivity index (χ3v) is 5.18. The summed E-state index contributed by atoms with van der Waals surface area (Å²) in [6, 6.07) is 16.5. The van der Waals surface area contributed by atoms with E-state index in [1.165, 1.54) is 0 Å². The third-order valence-electron chi connectivity index (χ3n) is 4.95. The maximum atomic E-state index is 12.6. The van der Waals surface area contributed by atoms with Gasteiger partial charge in [-0.05, 0) is 62.1 Å². The first-order valence-corrected chi connectivity index (χ1v) is 10.6. The molecule has 0 atom stereocenters. The zero-order valence-electron chi connectivity index (χ0n) is 18.5. The molecule has 0 unspecified atom stereocenters. The molecular weight excluding hydrogens is 426 g/mol. The fourth-order valence-corrected chi connectivity index (χ4v) is 3.26. The molecule has 32 heavy (non-hydrogen) atoms. The molecule has 0 spiro atoms. The molecule has 0 fully saturated rings. The Balaban J connectivity index is 1.75. The number of nitrogens with two attached hydrogens (primary N) is 1. The van der Waals surface area contributed by atoms with Crippen molar-refractivity contribution in [3.05, 3.63) is 76.9 Å². The number of halogens is 1. The predicted molar refractivity (Wildman–Crippen MR) is 131 cm³/mol. The van der Waals surface area contributed by atoms with Gasteiger partial charge in [0.25, 0.3) is 5.91 Å². The Labute approximate surface area is 193 Å². The summed E-state index contributed by atoms with van der Waals surface area (Å²) in [4.78, 5) is 21.5. The van der Waals surface area contributed by atoms with Gasteiger partial charge in [-0.15, -0.1) is 0 Å². The van der Waals surface area contributed by atoms with Gasteiger partial charge in [0.1, 0.15) is 11.6 Å². The number of hydrogen-bond donors (Lipinski definition) is 2. The molecule has 0 saturated heterocycles. The van der Waals surface area contributed by atoms with Crippen LogP contribution in [0.5, 0.6) is 5.75 Å². The molecule has 0 aliphatic carbocycles. The van der Waals surface area contributed by atoms with E-state index in [0.29, 0.717) is 28.5 Å². The summed E-state index contributed by atoms with van der Waals surface area (Å²) in [6.45, 7) is 2.35. The first-order valence-electron chi connectivity index (χ1n) is 10.2. The first kappa shape index (κ1) is 23.4. The molecule has 7 nitrogen and oxygen atoms in total. The van der Waals surface area contributed by atoms with Crippen molar-refractivity contribution in [1.82, 2.24) is 9.88 Å². The fraction of sp³-hybridized carbons (Fsp3) is 0.250. The quantitative estimate of drug-likeness (QED) is 0.473. The Morgan fingerprint density at radius 2 is 1.84 bits per heavy atom. The summed E-state index contributed by atoms with van der Waals surface area (Å²) in [5, 5.41) is 3.28. The first-order chi connectivity index (χ1) is 15.4. The average Bonchev–Trinajstić information content (AvgIpc) is 2.79. The van der Waals surface area contributed by atoms with Crippen molar-refractivity contribution in [2.45, 2.75) is 6.54 Å². The number of nitrogen functional groups attached to an aromatic ring is 1. The zero-order valence-corrected chi connectivity index (χ0v) is 19.3. The van der Waals surface area contributed by atoms with E-state index >= 15 is 0 Å². The van der Waals surface area contributed by atoms with Crippen LogP contribution in [0.2, 0.25) is 5.02 Å². The van der Waals surface area contributed by atoms with Crippen LogP contribution in [-0.4, -0.2) is 50.1 Å². The Hall–Kier alpha value is -3.29. The Kier molecular flexibility index (Phi) is 7.92. The molecule has 0 bridgehead atoms. The van der Waals surface area contributed by atoms with Gasteiger partial charge in [-0.3, -0.25) is 4.79 Å². The van der Waals surface area contributed by atoms with E-state index in [4.69, 9.17) is 22.1 Å². The molecular formula is C24H28ClN5O2. The number of nitrogens with zero attached hydrogens (tertiary/aromatic N) is 3. The summed E-state index contributed by atoms with van der Waals surface area (Å²) in [6.07, 6.45) is 1.57. The predicted octanol–water partition coefficient (Wildman–Crippen LogP) is 4.15. The number of rotatable bonds is 9. The van der Waals surface area contributed by atoms with Crippen molar-refractivity contribution < 1.29 is 9.53 Å². The number of carbonyl (C=O) groups is 1. The number of methoxy groups -OCH3 is 1. The Bertz CT molecular complexity index is 1040. The Morgan fingerprint density at radius 3 is 2.47 bits per heavy atom. The maximum absolute atomic E-state index is 12.6. The van der Waals surface area contributed by atoms with Gasteiger partial charge in [0.2, 0.25) is 0 Å². The number of aromatic nitrogens is 1. The molecule has 2 aromatic carbocycles. The van der Waals surface area contributed by atoms with E-state index in [1.54, 1.807) is 37.6 Å². The lowest BCUT2D eigenvalue weighted by molar-refractivity contribution is 0.102. The number of hydrogen-bond acceptors (Lipinski definition) is 6. The van der Waals surface area contributed by atoms with Crippen LogP contribution in [0, 0.1) is 0 Å². The van der Waals surface area contributed by atoms with Gasteiger partial charge in [-0.2, -0.15) is 0 Å². The molecule has 168 valence electrons. The lowest BCUT2D eigenvalue weighted by Crippen LogP contribution is -2.32. The molecule has 1 heterocycles. The van der Waals surface area contributed by atoms with Crippen LogP contribution < -0.4 is 20.7 Å². The lowest BCUT2D eigenvalue weighted by Gasteiger charge is -2.25. The van der Waals surface area contributed by atoms with Crippen molar-refractivity contribution >= 4 is 34.7 Å². The van der Waals surface area contributed by atoms with Gasteiger partial charge in [0, 0.05) is 30.9 Å². The van der Waals surface area contributed by atoms with Gasteiger partial charge in [-0.25, -0.2) is 4.98 Å². The van der Waals surface area contributed by atoms with E-state index in [-0.39, 0.29) is 5.91 Å². The summed E-state index contributed by atoms with van der Waals surface area (Å²) in [5.41, 5.74) is 8.42. The van der Waals surface area contributed by atoms with Crippen LogP contribution in [0.1, 0.15) is 15.9 Å². The summed E-state index contributed by atoms with van der Waals surface area (Å²) in [5.74, 6) is 1.32. The van der Waals surface area contributed by atoms with Crippen molar-refractivity contribution in [2.24, 2.45) is 0 Å². The van der Waals surface area contributed by atoms with E-state index in [9.17, 15) is 4.79 Å². The van der Waals surface area contributed by atoms with Crippen molar-refractivity contribution in [3.63, 3.8) is 0 Å². The topological polar surface area (TPSA) is 83.7 Å². The highest BCUT2D eigenvalue weighted by Crippen LogP contribution is 2.24. The SMILES string of the molecule is COc1ccc(CN(CCN(C)C)c2ccc(C(=O)Nc3cc(Cl)ccc3N)cn2)cc1. The van der Waals surface area contributed by atoms with E-state index < -0.39 is 0 Å². The van der Waals surface area contributed by atoms with E-state index in [1.807, 2.05) is 44.4 Å². The normalized spacial score (nSPS) is 10.8. The third kappa shape index (κ3) is 6.35. The monoisotopic (exact) mass is 453 g/mol. The standard InChI is InChI=1S/C24H28ClN5O2/c1-29(2)12-13-30(16-17-4-8-20(32-3)9-5-17)23-11-6-18(15-27-23)24(31)28-22-14-19(25)7-10-21(22)26/h4-11,14-15H,12-13,16,26H2,1-3H3,(H,28,31). The maximum Gasteiger partial charge on any atom is 0.257 e. The smallest absolute Gasteiger partial charge is 0.257 e. The lowest BCUT2D eigenvalue weighted by atomic mass is 10.2. The van der Waals surface area contributed by atoms with E-state index in [2.05, 4.69) is 20.1 Å². The van der Waals surface area contributed by atoms with Crippen molar-refractivity contribution in [3.8, 4) is 5.75 Å². The highest BCUT2D eigenvalue weighted by Gasteiger charge is 2.13. The zero-order chi connectivity index (χ0) is 23.1. The molecule has 0 aliphatic heterocycles. The molecule has 1 amide bonds. The fourth-order valence-electron chi connectivity index (χ4n) is 3.09. The molecule has 0 saturated carbocycles. The van der Waals surface area contributed by atoms with Crippen molar-refractivity contribution in [1.29, 1.82) is 0 Å². The molecule has 1 aromatic heterocycles. The van der Waals surface area contributed by atoms with Gasteiger partial charge in [0.15, 0.2) is 0 Å². The van der Waals surface area contributed by atoms with Crippen molar-refractivity contribution in [2.75, 3.05) is 50.2 Å². The van der Waals surface area contributed by atoms with Gasteiger partial charge in [0.05, 0.1) is 24.0 Å². The van der Waals surface area contributed by atoms with Gasteiger partial charge < -0.3 is 25.6 Å². The van der Waals surface area contributed by atoms with Crippen LogP contribution in [0.25, 0.3) is 0 Å². The second kappa shape index (κ2) is 10.8. The van der Waals surface area contributed by atoms with Crippen LogP contribution in [0.4, 0.5) is 17.2 Å². The molecule has 3 N–H and O–H groups in total. The second-order valence-corrected chi connectivity index (χ2v) is 8.10. The highest BCUT2D eigenvalue weighted by atomic mass is 35.5. The number of amides is 1. The molecule has 0 radical (unpaired) electrons. The number of pyridine rings is 1. The highest BCUT2D eigenvalue weighted by molar-refractivity contribution is 6.31. The molecule has 3 rings (SSSR count). The number of benzene rings is 2. The number of ether oxygens (including phenoxy) is 1. The number of likely N-dealkylation sites (N-methyl/N-ethyl adjacent to an activating group) is 1. The number of anilines is 3. The van der Waals surface area contributed by atoms with Crippen LogP contribution in [0.3, 0.4) is 0 Å². The van der Waals surface area contributed by atoms with Crippen LogP contribution in [0.15, 0.2) is 60.8 Å². The minimum absolute atomic E-state index is 0.298. The van der Waals surface area contributed by atoms with Crippen LogP contribution >= 0.6 is 11.6 Å². The largest absolute Gasteiger partial charge is 0.497 e. The molecule has 0 aliphatic rings. The number of carbonyl (C=O) groups excluding carboxylic acids is 1. The average molecular weight is 454 g/mol. The Morgan fingerprint density at radius 1 is 1.09 bits per heavy atom. The van der Waals surface area contributed by atoms with Gasteiger partial charge in [-0.1, -0.05) is 23.7 Å². The summed E-state index contributed by atoms with van der Waals surface area (Å²) in [7, 11) is 5.72. The summed E-state index contributed by atoms with van der Waals surface area (Å²) >= 11 is 6.00. The number of nitrogens with one attached hydrogen (secondary N) is 1.